The van der Waals surface area contributed by atoms with Crippen molar-refractivity contribution in [2.75, 3.05) is 0 Å². The Morgan fingerprint density at radius 2 is 2.07 bits per heavy atom. The molecule has 0 amide bonds. The molecule has 0 radical (unpaired) electrons. The number of hydrogen-bond acceptors (Lipinski definition) is 3. The van der Waals surface area contributed by atoms with Crippen molar-refractivity contribution >= 4 is 5.71 Å². The molecule has 1 saturated carbocycles. The number of nitrogens with two attached hydrogens (primary N) is 1. The zero-order valence-corrected chi connectivity index (χ0v) is 9.71. The second-order valence-electron chi connectivity index (χ2n) is 5.18. The molecule has 1 aliphatic carbocycles. The zero-order valence-electron chi connectivity index (χ0n) is 9.71. The van der Waals surface area contributed by atoms with E-state index >= 15 is 0 Å². The third kappa shape index (κ3) is 2.71. The molecule has 0 aromatic heterocycles. The molecule has 14 heavy (non-hydrogen) atoms. The maximum atomic E-state index is 5.05. The van der Waals surface area contributed by atoms with Crippen LogP contribution >= 0.6 is 0 Å². The number of oxime groups is 1. The molecule has 0 aromatic carbocycles. The second-order valence-corrected chi connectivity index (χ2v) is 5.18. The second kappa shape index (κ2) is 4.30. The summed E-state index contributed by atoms with van der Waals surface area (Å²) in [6.07, 6.45) is 3.79. The summed E-state index contributed by atoms with van der Waals surface area (Å²) < 4.78 is 0. The highest BCUT2D eigenvalue weighted by Gasteiger charge is 2.38. The van der Waals surface area contributed by atoms with E-state index in [1.54, 1.807) is 0 Å². The van der Waals surface area contributed by atoms with Crippen LogP contribution in [0.1, 0.15) is 47.0 Å². The van der Waals surface area contributed by atoms with E-state index in [4.69, 9.17) is 5.90 Å². The summed E-state index contributed by atoms with van der Waals surface area (Å²) in [6, 6.07) is 0. The van der Waals surface area contributed by atoms with E-state index < -0.39 is 0 Å². The topological polar surface area (TPSA) is 47.6 Å². The normalized spacial score (nSPS) is 20.8. The number of nitrogens with zero attached hydrogens (tertiary/aromatic N) is 1. The summed E-state index contributed by atoms with van der Waals surface area (Å²) in [5.41, 5.74) is 1.17. The molecule has 0 heterocycles. The van der Waals surface area contributed by atoms with Crippen LogP contribution in [0, 0.1) is 17.3 Å². The average Bonchev–Trinajstić information content (AvgIpc) is 2.86. The third-order valence-electron chi connectivity index (χ3n) is 2.90. The van der Waals surface area contributed by atoms with Crippen molar-refractivity contribution < 1.29 is 4.94 Å². The van der Waals surface area contributed by atoms with E-state index in [1.165, 1.54) is 12.8 Å². The van der Waals surface area contributed by atoms with Crippen molar-refractivity contribution in [2.45, 2.75) is 47.0 Å². The Morgan fingerprint density at radius 3 is 2.36 bits per heavy atom. The van der Waals surface area contributed by atoms with Crippen LogP contribution in [-0.4, -0.2) is 5.71 Å². The van der Waals surface area contributed by atoms with E-state index in [2.05, 4.69) is 37.8 Å². The van der Waals surface area contributed by atoms with Gasteiger partial charge in [-0.15, -0.1) is 5.90 Å². The number of rotatable bonds is 4. The Balaban J connectivity index is 2.79. The molecule has 1 atom stereocenters. The lowest BCUT2D eigenvalue weighted by molar-refractivity contribution is 0.142. The van der Waals surface area contributed by atoms with Crippen molar-refractivity contribution in [1.29, 1.82) is 0 Å². The minimum absolute atomic E-state index is 0.0582. The van der Waals surface area contributed by atoms with Crippen molar-refractivity contribution in [3.63, 3.8) is 0 Å². The van der Waals surface area contributed by atoms with Crippen LogP contribution in [0.3, 0.4) is 0 Å². The Morgan fingerprint density at radius 1 is 1.50 bits per heavy atom. The van der Waals surface area contributed by atoms with E-state index in [0.717, 1.165) is 18.1 Å². The SMILES string of the molecule is CCC(/C(=N\ON)C(C)(C)C)C1CC1. The van der Waals surface area contributed by atoms with Crippen LogP contribution < -0.4 is 5.90 Å². The van der Waals surface area contributed by atoms with Gasteiger partial charge in [-0.1, -0.05) is 32.9 Å². The van der Waals surface area contributed by atoms with Gasteiger partial charge in [0.05, 0.1) is 5.71 Å². The maximum Gasteiger partial charge on any atom is 0.0684 e. The summed E-state index contributed by atoms with van der Waals surface area (Å²) in [7, 11) is 0. The smallest absolute Gasteiger partial charge is 0.0684 e. The van der Waals surface area contributed by atoms with Gasteiger partial charge in [-0.05, 0) is 25.2 Å². The molecule has 1 unspecified atom stereocenters. The predicted molar refractivity (Wildman–Crippen MR) is 58.7 cm³/mol. The van der Waals surface area contributed by atoms with Crippen LogP contribution in [0.25, 0.3) is 0 Å². The summed E-state index contributed by atoms with van der Waals surface area (Å²) >= 11 is 0. The van der Waals surface area contributed by atoms with Crippen molar-refractivity contribution in [1.82, 2.24) is 0 Å². The molecule has 3 heteroatoms. The van der Waals surface area contributed by atoms with E-state index in [1.807, 2.05) is 0 Å². The van der Waals surface area contributed by atoms with Crippen LogP contribution in [0.4, 0.5) is 0 Å². The zero-order chi connectivity index (χ0) is 10.8. The van der Waals surface area contributed by atoms with Crippen molar-refractivity contribution in [3.05, 3.63) is 0 Å². The van der Waals surface area contributed by atoms with Gasteiger partial charge in [-0.25, -0.2) is 0 Å². The first-order chi connectivity index (χ1) is 6.50. The summed E-state index contributed by atoms with van der Waals surface area (Å²) in [6.45, 7) is 8.70. The van der Waals surface area contributed by atoms with Gasteiger partial charge in [0, 0.05) is 11.3 Å². The van der Waals surface area contributed by atoms with Gasteiger partial charge in [0.25, 0.3) is 0 Å². The summed E-state index contributed by atoms with van der Waals surface area (Å²) in [5, 5.41) is 4.02. The van der Waals surface area contributed by atoms with Crippen LogP contribution in [0.2, 0.25) is 0 Å². The minimum atomic E-state index is 0.0582. The molecular formula is C11H22N2O. The molecule has 0 aliphatic heterocycles. The molecular weight excluding hydrogens is 176 g/mol. The minimum Gasteiger partial charge on any atom is -0.303 e. The van der Waals surface area contributed by atoms with Gasteiger partial charge in [0.1, 0.15) is 0 Å². The molecule has 1 fully saturated rings. The highest BCUT2D eigenvalue weighted by molar-refractivity contribution is 5.91. The lowest BCUT2D eigenvalue weighted by Crippen LogP contribution is -2.30. The van der Waals surface area contributed by atoms with Crippen LogP contribution in [-0.2, 0) is 4.94 Å². The van der Waals surface area contributed by atoms with Crippen molar-refractivity contribution in [2.24, 2.45) is 28.3 Å². The molecule has 0 bridgehead atoms. The van der Waals surface area contributed by atoms with Crippen molar-refractivity contribution in [3.8, 4) is 0 Å². The molecule has 2 N–H and O–H groups in total. The summed E-state index contributed by atoms with van der Waals surface area (Å²) in [4.78, 5) is 4.48. The van der Waals surface area contributed by atoms with Gasteiger partial charge >= 0.3 is 0 Å². The van der Waals surface area contributed by atoms with Gasteiger partial charge in [0.15, 0.2) is 0 Å². The lowest BCUT2D eigenvalue weighted by Gasteiger charge is -2.27. The van der Waals surface area contributed by atoms with Gasteiger partial charge in [0.2, 0.25) is 0 Å². The monoisotopic (exact) mass is 198 g/mol. The highest BCUT2D eigenvalue weighted by Crippen LogP contribution is 2.42. The van der Waals surface area contributed by atoms with E-state index in [9.17, 15) is 0 Å². The number of hydrogen-bond donors (Lipinski definition) is 1. The van der Waals surface area contributed by atoms with Crippen LogP contribution in [0.5, 0.6) is 0 Å². The van der Waals surface area contributed by atoms with E-state index in [-0.39, 0.29) is 5.41 Å². The molecule has 82 valence electrons. The quantitative estimate of drug-likeness (QED) is 0.557. The van der Waals surface area contributed by atoms with E-state index in [0.29, 0.717) is 5.92 Å². The Bertz CT molecular complexity index is 214. The lowest BCUT2D eigenvalue weighted by atomic mass is 9.79. The van der Waals surface area contributed by atoms with Gasteiger partial charge in [-0.2, -0.15) is 0 Å². The highest BCUT2D eigenvalue weighted by atomic mass is 16.7. The fourth-order valence-corrected chi connectivity index (χ4v) is 2.07. The maximum absolute atomic E-state index is 5.05. The Kier molecular flexibility index (Phi) is 3.53. The fraction of sp³-hybridized carbons (Fsp3) is 0.909. The molecule has 1 aliphatic rings. The van der Waals surface area contributed by atoms with Gasteiger partial charge < -0.3 is 4.94 Å². The largest absolute Gasteiger partial charge is 0.303 e. The molecule has 0 aromatic rings. The molecule has 0 saturated heterocycles. The standard InChI is InChI=1S/C11H22N2O/c1-5-9(8-6-7-8)10(13-14-12)11(2,3)4/h8-9H,5-7,12H2,1-4H3/b13-10+. The Hall–Kier alpha value is -0.570. The summed E-state index contributed by atoms with van der Waals surface area (Å²) in [5.74, 6) is 6.42. The first kappa shape index (κ1) is 11.5. The molecule has 0 spiro atoms. The van der Waals surface area contributed by atoms with Gasteiger partial charge in [-0.3, -0.25) is 0 Å². The Labute approximate surface area is 86.6 Å². The fourth-order valence-electron chi connectivity index (χ4n) is 2.07. The molecule has 1 rings (SSSR count). The average molecular weight is 198 g/mol. The first-order valence-corrected chi connectivity index (χ1v) is 5.45. The predicted octanol–water partition coefficient (Wildman–Crippen LogP) is 2.72. The first-order valence-electron chi connectivity index (χ1n) is 5.45. The van der Waals surface area contributed by atoms with Crippen LogP contribution in [0.15, 0.2) is 5.16 Å². The molecule has 3 nitrogen and oxygen atoms in total. The third-order valence-corrected chi connectivity index (χ3v) is 2.90.